The van der Waals surface area contributed by atoms with Crippen LogP contribution in [0.5, 0.6) is 0 Å². The van der Waals surface area contributed by atoms with Gasteiger partial charge in [-0.05, 0) is 26.8 Å². The Kier molecular flexibility index (Phi) is 3.98. The van der Waals surface area contributed by atoms with Crippen molar-refractivity contribution in [3.63, 3.8) is 0 Å². The summed E-state index contributed by atoms with van der Waals surface area (Å²) < 4.78 is 7.69. The number of benzene rings is 1. The highest BCUT2D eigenvalue weighted by molar-refractivity contribution is 6.01. The minimum absolute atomic E-state index is 0.348. The fraction of sp³-hybridized carbons (Fsp3) is 0.200. The summed E-state index contributed by atoms with van der Waals surface area (Å²) in [4.78, 5) is 4.43. The highest BCUT2D eigenvalue weighted by Crippen LogP contribution is 2.29. The van der Waals surface area contributed by atoms with Gasteiger partial charge in [0.2, 0.25) is 5.88 Å². The monoisotopic (exact) mass is 315 g/mol. The van der Waals surface area contributed by atoms with E-state index in [2.05, 4.69) is 21.5 Å². The Labute approximate surface area is 141 Å². The lowest BCUT2D eigenvalue weighted by molar-refractivity contribution is 0.542. The summed E-state index contributed by atoms with van der Waals surface area (Å²) in [5.74, 6) is 3.75. The number of aryl methyl sites for hydroxylation is 1. The number of nitrogens with zero attached hydrogens (tertiary/aromatic N) is 3. The molecule has 0 fully saturated rings. The smallest absolute Gasteiger partial charge is 0.237 e. The van der Waals surface area contributed by atoms with E-state index in [0.29, 0.717) is 23.8 Å². The van der Waals surface area contributed by atoms with Gasteiger partial charge in [0.25, 0.3) is 0 Å². The molecule has 0 saturated carbocycles. The van der Waals surface area contributed by atoms with E-state index in [1.807, 2.05) is 45.0 Å². The first-order chi connectivity index (χ1) is 11.6. The van der Waals surface area contributed by atoms with Crippen molar-refractivity contribution in [1.29, 1.82) is 5.26 Å². The molecule has 0 saturated heterocycles. The number of furan rings is 1. The van der Waals surface area contributed by atoms with E-state index in [1.54, 1.807) is 6.21 Å². The Hall–Kier alpha value is -3.24. The van der Waals surface area contributed by atoms with Crippen molar-refractivity contribution in [2.45, 2.75) is 27.3 Å². The fourth-order valence-electron chi connectivity index (χ4n) is 2.87. The third-order valence-corrected chi connectivity index (χ3v) is 4.32. The Morgan fingerprint density at radius 2 is 2.04 bits per heavy atom. The molecule has 0 aliphatic heterocycles. The van der Waals surface area contributed by atoms with Gasteiger partial charge in [0.1, 0.15) is 17.4 Å². The number of fused-ring (bicyclic) bond motifs is 1. The number of hydrogen-bond acceptors (Lipinski definition) is 3. The molecule has 0 amide bonds. The quantitative estimate of drug-likeness (QED) is 0.531. The Morgan fingerprint density at radius 1 is 1.29 bits per heavy atom. The van der Waals surface area contributed by atoms with Crippen molar-refractivity contribution in [3.8, 4) is 18.4 Å². The lowest BCUT2D eigenvalue weighted by Gasteiger charge is -2.02. The van der Waals surface area contributed by atoms with Gasteiger partial charge in [0, 0.05) is 33.9 Å². The number of terminal acetylenes is 1. The first-order valence-electron chi connectivity index (χ1n) is 7.64. The number of para-hydroxylation sites is 1. The molecular weight excluding hydrogens is 298 g/mol. The highest BCUT2D eigenvalue weighted by Gasteiger charge is 2.15. The lowest BCUT2D eigenvalue weighted by atomic mass is 10.1. The molecule has 4 heteroatoms. The SMILES string of the molecule is C#CCn1c(C)c(C=Nc2oc(C)c(C)c2C#N)c2ccccc21. The number of hydrogen-bond donors (Lipinski definition) is 0. The second-order valence-corrected chi connectivity index (χ2v) is 5.64. The van der Waals surface area contributed by atoms with Gasteiger partial charge in [-0.3, -0.25) is 0 Å². The summed E-state index contributed by atoms with van der Waals surface area (Å²) in [5.41, 5.74) is 4.40. The summed E-state index contributed by atoms with van der Waals surface area (Å²) >= 11 is 0. The predicted octanol–water partition coefficient (Wildman–Crippen LogP) is 4.42. The van der Waals surface area contributed by atoms with Crippen molar-refractivity contribution in [2.24, 2.45) is 4.99 Å². The van der Waals surface area contributed by atoms with Crippen molar-refractivity contribution in [1.82, 2.24) is 4.57 Å². The molecule has 2 heterocycles. The topological polar surface area (TPSA) is 54.2 Å². The Bertz CT molecular complexity index is 1040. The maximum absolute atomic E-state index is 9.30. The van der Waals surface area contributed by atoms with E-state index < -0.39 is 0 Å². The van der Waals surface area contributed by atoms with E-state index in [4.69, 9.17) is 10.8 Å². The zero-order chi connectivity index (χ0) is 17.3. The minimum Gasteiger partial charge on any atom is -0.442 e. The normalized spacial score (nSPS) is 11.0. The van der Waals surface area contributed by atoms with Crippen LogP contribution in [0.1, 0.15) is 28.1 Å². The van der Waals surface area contributed by atoms with Gasteiger partial charge in [-0.1, -0.05) is 24.1 Å². The summed E-state index contributed by atoms with van der Waals surface area (Å²) in [6, 6.07) is 10.2. The van der Waals surface area contributed by atoms with Gasteiger partial charge < -0.3 is 8.98 Å². The Morgan fingerprint density at radius 3 is 2.75 bits per heavy atom. The molecule has 3 rings (SSSR count). The van der Waals surface area contributed by atoms with Gasteiger partial charge in [-0.15, -0.1) is 6.42 Å². The molecule has 4 nitrogen and oxygen atoms in total. The van der Waals surface area contributed by atoms with Crippen molar-refractivity contribution in [3.05, 3.63) is 52.4 Å². The van der Waals surface area contributed by atoms with Crippen LogP contribution in [-0.2, 0) is 6.54 Å². The molecule has 0 atom stereocenters. The van der Waals surface area contributed by atoms with Crippen molar-refractivity contribution >= 4 is 23.0 Å². The molecular formula is C20H17N3O. The Balaban J connectivity index is 2.15. The van der Waals surface area contributed by atoms with Crippen LogP contribution in [0.3, 0.4) is 0 Å². The maximum Gasteiger partial charge on any atom is 0.237 e. The van der Waals surface area contributed by atoms with Crippen LogP contribution in [0, 0.1) is 44.4 Å². The molecule has 0 spiro atoms. The second-order valence-electron chi connectivity index (χ2n) is 5.64. The molecule has 118 valence electrons. The van der Waals surface area contributed by atoms with E-state index >= 15 is 0 Å². The molecule has 0 aliphatic rings. The van der Waals surface area contributed by atoms with Gasteiger partial charge in [-0.2, -0.15) is 5.26 Å². The van der Waals surface area contributed by atoms with Crippen LogP contribution >= 0.6 is 0 Å². The average molecular weight is 315 g/mol. The molecule has 0 bridgehead atoms. The van der Waals surface area contributed by atoms with Crippen LogP contribution in [0.15, 0.2) is 33.7 Å². The summed E-state index contributed by atoms with van der Waals surface area (Å²) in [5, 5.41) is 10.4. The summed E-state index contributed by atoms with van der Waals surface area (Å²) in [6.45, 7) is 6.21. The molecule has 1 aromatic carbocycles. The van der Waals surface area contributed by atoms with E-state index in [-0.39, 0.29) is 0 Å². The zero-order valence-corrected chi connectivity index (χ0v) is 13.9. The zero-order valence-electron chi connectivity index (χ0n) is 13.9. The van der Waals surface area contributed by atoms with Crippen LogP contribution in [-0.4, -0.2) is 10.8 Å². The van der Waals surface area contributed by atoms with E-state index in [0.717, 1.165) is 27.7 Å². The minimum atomic E-state index is 0.348. The lowest BCUT2D eigenvalue weighted by Crippen LogP contribution is -1.98. The van der Waals surface area contributed by atoms with Crippen molar-refractivity contribution in [2.75, 3.05) is 0 Å². The molecule has 24 heavy (non-hydrogen) atoms. The fourth-order valence-corrected chi connectivity index (χ4v) is 2.87. The molecule has 3 aromatic rings. The van der Waals surface area contributed by atoms with Crippen LogP contribution in [0.4, 0.5) is 5.88 Å². The molecule has 0 aliphatic carbocycles. The molecule has 0 N–H and O–H groups in total. The summed E-state index contributed by atoms with van der Waals surface area (Å²) in [6.07, 6.45) is 7.25. The molecule has 2 aromatic heterocycles. The highest BCUT2D eigenvalue weighted by atomic mass is 16.4. The molecule has 0 unspecified atom stereocenters. The van der Waals surface area contributed by atoms with E-state index in [1.165, 1.54) is 0 Å². The first kappa shape index (κ1) is 15.6. The van der Waals surface area contributed by atoms with Gasteiger partial charge in [0.15, 0.2) is 0 Å². The first-order valence-corrected chi connectivity index (χ1v) is 7.64. The second kappa shape index (κ2) is 6.10. The van der Waals surface area contributed by atoms with E-state index in [9.17, 15) is 5.26 Å². The van der Waals surface area contributed by atoms with Gasteiger partial charge in [-0.25, -0.2) is 4.99 Å². The number of aromatic nitrogens is 1. The third kappa shape index (κ3) is 2.39. The molecule has 0 radical (unpaired) electrons. The van der Waals surface area contributed by atoms with Crippen molar-refractivity contribution < 1.29 is 4.42 Å². The van der Waals surface area contributed by atoms with Gasteiger partial charge >= 0.3 is 0 Å². The van der Waals surface area contributed by atoms with Crippen LogP contribution in [0.25, 0.3) is 10.9 Å². The van der Waals surface area contributed by atoms with Crippen LogP contribution in [0.2, 0.25) is 0 Å². The largest absolute Gasteiger partial charge is 0.442 e. The number of nitriles is 1. The third-order valence-electron chi connectivity index (χ3n) is 4.32. The average Bonchev–Trinajstić information content (AvgIpc) is 3.01. The maximum atomic E-state index is 9.30. The van der Waals surface area contributed by atoms with Gasteiger partial charge in [0.05, 0.1) is 6.54 Å². The number of rotatable bonds is 3. The van der Waals surface area contributed by atoms with Crippen LogP contribution < -0.4 is 0 Å². The standard InChI is InChI=1S/C20H17N3O/c1-5-10-23-14(3)18(16-8-6-7-9-19(16)23)12-22-20-17(11-21)13(2)15(4)24-20/h1,6-9,12H,10H2,2-4H3. The predicted molar refractivity (Wildman–Crippen MR) is 95.7 cm³/mol. The summed E-state index contributed by atoms with van der Waals surface area (Å²) in [7, 11) is 0. The number of aliphatic imine (C=N–C) groups is 1.